The van der Waals surface area contributed by atoms with Gasteiger partial charge >= 0.3 is 23.9 Å². The molecule has 1 heterocycles. The molecule has 1 fully saturated rings. The van der Waals surface area contributed by atoms with Gasteiger partial charge in [-0.1, -0.05) is 5.11 Å². The number of rotatable bonds is 6. The summed E-state index contributed by atoms with van der Waals surface area (Å²) >= 11 is 0. The van der Waals surface area contributed by atoms with Crippen LogP contribution in [-0.2, 0) is 42.9 Å². The van der Waals surface area contributed by atoms with Gasteiger partial charge in [0.05, 0.1) is 0 Å². The molecule has 0 aromatic rings. The Bertz CT molecular complexity index is 617. The highest BCUT2D eigenvalue weighted by Crippen LogP contribution is 2.29. The molecule has 12 heteroatoms. The molecule has 0 aliphatic carbocycles. The Balaban J connectivity index is 3.28. The molecule has 0 spiro atoms. The van der Waals surface area contributed by atoms with Gasteiger partial charge < -0.3 is 23.7 Å². The molecule has 0 bridgehead atoms. The van der Waals surface area contributed by atoms with Crippen molar-refractivity contribution < 1.29 is 42.9 Å². The molecule has 144 valence electrons. The predicted octanol–water partition coefficient (Wildman–Crippen LogP) is 0.380. The summed E-state index contributed by atoms with van der Waals surface area (Å²) in [6, 6.07) is 0. The third kappa shape index (κ3) is 6.22. The topological polar surface area (TPSA) is 163 Å². The van der Waals surface area contributed by atoms with Crippen LogP contribution in [0.5, 0.6) is 0 Å². The maximum Gasteiger partial charge on any atom is 0.303 e. The third-order valence-electron chi connectivity index (χ3n) is 3.13. The van der Waals surface area contributed by atoms with Crippen molar-refractivity contribution in [1.82, 2.24) is 0 Å². The molecule has 1 saturated heterocycles. The van der Waals surface area contributed by atoms with Gasteiger partial charge in [0.15, 0.2) is 24.5 Å². The van der Waals surface area contributed by atoms with Crippen molar-refractivity contribution in [2.45, 2.75) is 58.3 Å². The number of hydrogen-bond donors (Lipinski definition) is 0. The molecule has 26 heavy (non-hydrogen) atoms. The molecule has 0 aromatic heterocycles. The molecule has 0 saturated carbocycles. The number of carbonyl (C=O) groups excluding carboxylic acids is 4. The van der Waals surface area contributed by atoms with Crippen LogP contribution in [0.15, 0.2) is 5.11 Å². The number of hydrogen-bond acceptors (Lipinski definition) is 10. The van der Waals surface area contributed by atoms with Crippen molar-refractivity contribution in [1.29, 1.82) is 0 Å². The second kappa shape index (κ2) is 9.59. The number of esters is 4. The Labute approximate surface area is 148 Å². The Morgan fingerprint density at radius 3 is 1.85 bits per heavy atom. The van der Waals surface area contributed by atoms with Crippen LogP contribution in [-0.4, -0.2) is 61.1 Å². The van der Waals surface area contributed by atoms with E-state index in [1.54, 1.807) is 0 Å². The second-order valence-electron chi connectivity index (χ2n) is 5.29. The lowest BCUT2D eigenvalue weighted by Crippen LogP contribution is -2.61. The highest BCUT2D eigenvalue weighted by molar-refractivity contribution is 5.68. The van der Waals surface area contributed by atoms with E-state index in [9.17, 15) is 19.2 Å². The fourth-order valence-electron chi connectivity index (χ4n) is 2.35. The fraction of sp³-hybridized carbons (Fsp3) is 0.714. The lowest BCUT2D eigenvalue weighted by Gasteiger charge is -2.43. The Kier molecular flexibility index (Phi) is 7.81. The average Bonchev–Trinajstić information content (AvgIpc) is 2.50. The summed E-state index contributed by atoms with van der Waals surface area (Å²) in [6.45, 7) is 4.06. The molecule has 5 atom stereocenters. The third-order valence-corrected chi connectivity index (χ3v) is 3.13. The average molecular weight is 373 g/mol. The molecular weight excluding hydrogens is 354 g/mol. The van der Waals surface area contributed by atoms with Crippen LogP contribution in [0.2, 0.25) is 0 Å². The van der Waals surface area contributed by atoms with Crippen LogP contribution in [0.1, 0.15) is 27.7 Å². The highest BCUT2D eigenvalue weighted by Gasteiger charge is 2.51. The molecular formula is C14H19N3O9. The van der Waals surface area contributed by atoms with E-state index in [2.05, 4.69) is 10.0 Å². The first kappa shape index (κ1) is 21.2. The van der Waals surface area contributed by atoms with Gasteiger partial charge in [-0.25, -0.2) is 0 Å². The molecule has 1 rings (SSSR count). The second-order valence-corrected chi connectivity index (χ2v) is 5.29. The number of azide groups is 1. The van der Waals surface area contributed by atoms with Gasteiger partial charge in [-0.3, -0.25) is 19.2 Å². The smallest absolute Gasteiger partial charge is 0.303 e. The Morgan fingerprint density at radius 1 is 0.885 bits per heavy atom. The minimum absolute atomic E-state index is 0.380. The SMILES string of the molecule is CC(=O)OCC1O[C@H](N=[N+]=[N-])C(OC(C)=O)C(OC(C)=O)[C@H]1OC(C)=O. The minimum atomic E-state index is -1.40. The van der Waals surface area contributed by atoms with Crippen molar-refractivity contribution >= 4 is 23.9 Å². The summed E-state index contributed by atoms with van der Waals surface area (Å²) in [5, 5.41) is 3.38. The Morgan fingerprint density at radius 2 is 1.38 bits per heavy atom. The molecule has 0 radical (unpaired) electrons. The van der Waals surface area contributed by atoms with E-state index in [1.807, 2.05) is 0 Å². The van der Waals surface area contributed by atoms with Gasteiger partial charge in [0.25, 0.3) is 0 Å². The molecule has 3 unspecified atom stereocenters. The molecule has 0 amide bonds. The fourth-order valence-corrected chi connectivity index (χ4v) is 2.35. The van der Waals surface area contributed by atoms with Crippen LogP contribution in [0, 0.1) is 0 Å². The largest absolute Gasteiger partial charge is 0.463 e. The lowest BCUT2D eigenvalue weighted by atomic mass is 9.97. The van der Waals surface area contributed by atoms with Crippen LogP contribution in [0.25, 0.3) is 10.4 Å². The maximum absolute atomic E-state index is 11.5. The van der Waals surface area contributed by atoms with Gasteiger partial charge in [-0.15, -0.1) is 0 Å². The van der Waals surface area contributed by atoms with Gasteiger partial charge in [-0.2, -0.15) is 0 Å². The van der Waals surface area contributed by atoms with E-state index >= 15 is 0 Å². The van der Waals surface area contributed by atoms with E-state index in [0.717, 1.165) is 27.7 Å². The lowest BCUT2D eigenvalue weighted by molar-refractivity contribution is -0.251. The van der Waals surface area contributed by atoms with Gasteiger partial charge in [0.1, 0.15) is 12.7 Å². The zero-order valence-electron chi connectivity index (χ0n) is 14.6. The van der Waals surface area contributed by atoms with Crippen molar-refractivity contribution in [3.05, 3.63) is 10.4 Å². The van der Waals surface area contributed by atoms with Crippen molar-refractivity contribution in [2.24, 2.45) is 5.11 Å². The highest BCUT2D eigenvalue weighted by atomic mass is 16.7. The Hall–Kier alpha value is -2.85. The molecule has 0 aromatic carbocycles. The van der Waals surface area contributed by atoms with Gasteiger partial charge in [0, 0.05) is 32.6 Å². The molecule has 1 aliphatic heterocycles. The summed E-state index contributed by atoms with van der Waals surface area (Å²) in [7, 11) is 0. The maximum atomic E-state index is 11.5. The first-order valence-electron chi connectivity index (χ1n) is 7.50. The molecule has 12 nitrogen and oxygen atoms in total. The minimum Gasteiger partial charge on any atom is -0.463 e. The summed E-state index contributed by atoms with van der Waals surface area (Å²) in [5.74, 6) is -2.92. The van der Waals surface area contributed by atoms with Gasteiger partial charge in [0.2, 0.25) is 0 Å². The van der Waals surface area contributed by atoms with Crippen LogP contribution in [0.3, 0.4) is 0 Å². The van der Waals surface area contributed by atoms with E-state index in [1.165, 1.54) is 0 Å². The summed E-state index contributed by atoms with van der Waals surface area (Å²) < 4.78 is 25.6. The normalized spacial score (nSPS) is 27.5. The monoisotopic (exact) mass is 373 g/mol. The quantitative estimate of drug-likeness (QED) is 0.210. The summed E-state index contributed by atoms with van der Waals surface area (Å²) in [6.07, 6.45) is -6.52. The number of nitrogens with zero attached hydrogens (tertiary/aromatic N) is 3. The van der Waals surface area contributed by atoms with E-state index in [4.69, 9.17) is 29.2 Å². The van der Waals surface area contributed by atoms with Crippen LogP contribution in [0.4, 0.5) is 0 Å². The first-order chi connectivity index (χ1) is 12.1. The molecule has 1 aliphatic rings. The van der Waals surface area contributed by atoms with E-state index < -0.39 is 54.5 Å². The number of ether oxygens (including phenoxy) is 5. The zero-order valence-corrected chi connectivity index (χ0v) is 14.6. The molecule has 0 N–H and O–H groups in total. The van der Waals surface area contributed by atoms with Crippen molar-refractivity contribution in [3.8, 4) is 0 Å². The van der Waals surface area contributed by atoms with Gasteiger partial charge in [-0.05, 0) is 5.53 Å². The van der Waals surface area contributed by atoms with Crippen molar-refractivity contribution in [3.63, 3.8) is 0 Å². The van der Waals surface area contributed by atoms with Crippen LogP contribution >= 0.6 is 0 Å². The van der Waals surface area contributed by atoms with Crippen LogP contribution < -0.4 is 0 Å². The van der Waals surface area contributed by atoms with Crippen molar-refractivity contribution in [2.75, 3.05) is 6.61 Å². The van der Waals surface area contributed by atoms with E-state index in [0.29, 0.717) is 0 Å². The number of carbonyl (C=O) groups is 4. The summed E-state index contributed by atoms with van der Waals surface area (Å²) in [5.41, 5.74) is 8.71. The zero-order chi connectivity index (χ0) is 19.9. The standard InChI is InChI=1S/C14H19N3O9/c1-6(18)22-5-10-11(23-7(2)19)12(24-8(3)20)13(25-9(4)21)14(26-10)16-17-15/h10-14H,5H2,1-4H3/t10?,11-,12?,13?,14-/m0/s1. The van der Waals surface area contributed by atoms with E-state index in [-0.39, 0.29) is 6.61 Å². The first-order valence-corrected chi connectivity index (χ1v) is 7.50. The summed E-state index contributed by atoms with van der Waals surface area (Å²) in [4.78, 5) is 48.0. The predicted molar refractivity (Wildman–Crippen MR) is 81.1 cm³/mol.